The van der Waals surface area contributed by atoms with Crippen LogP contribution in [0.25, 0.3) is 0 Å². The van der Waals surface area contributed by atoms with Crippen LogP contribution in [0.5, 0.6) is 0 Å². The second kappa shape index (κ2) is 4.95. The molecular weight excluding hydrogens is 214 g/mol. The molecule has 17 heavy (non-hydrogen) atoms. The van der Waals surface area contributed by atoms with Crippen molar-refractivity contribution >= 4 is 0 Å². The minimum atomic E-state index is -0.185. The van der Waals surface area contributed by atoms with Gasteiger partial charge in [0.2, 0.25) is 0 Å². The van der Waals surface area contributed by atoms with Crippen LogP contribution in [0.15, 0.2) is 6.07 Å². The molecule has 76 valence electrons. The van der Waals surface area contributed by atoms with Gasteiger partial charge in [0.05, 0.1) is 34.7 Å². The average Bonchev–Trinajstić information content (AvgIpc) is 2.37. The predicted molar refractivity (Wildman–Crippen MR) is 54.6 cm³/mol. The van der Waals surface area contributed by atoms with Crippen molar-refractivity contribution in [1.82, 2.24) is 0 Å². The molecule has 0 aromatic heterocycles. The van der Waals surface area contributed by atoms with Crippen LogP contribution < -0.4 is 0 Å². The summed E-state index contributed by atoms with van der Waals surface area (Å²) in [6, 6.07) is 10.1. The zero-order valence-electron chi connectivity index (χ0n) is 8.52. The number of hydrogen-bond acceptors (Lipinski definition) is 5. The summed E-state index contributed by atoms with van der Waals surface area (Å²) >= 11 is 0. The van der Waals surface area contributed by atoms with Crippen molar-refractivity contribution in [2.24, 2.45) is 0 Å². The van der Waals surface area contributed by atoms with E-state index < -0.39 is 0 Å². The van der Waals surface area contributed by atoms with Crippen molar-refractivity contribution in [3.8, 4) is 30.3 Å². The molecule has 5 heteroatoms. The van der Waals surface area contributed by atoms with Gasteiger partial charge in [-0.05, 0) is 6.07 Å². The number of nitrogens with zero attached hydrogens (tertiary/aromatic N) is 5. The molecule has 0 aliphatic rings. The van der Waals surface area contributed by atoms with Gasteiger partial charge in [-0.3, -0.25) is 0 Å². The van der Waals surface area contributed by atoms with Gasteiger partial charge in [0.1, 0.15) is 24.3 Å². The quantitative estimate of drug-likeness (QED) is 0.700. The maximum atomic E-state index is 8.94. The Labute approximate surface area is 97.6 Å². The third-order valence-corrected chi connectivity index (χ3v) is 2.15. The van der Waals surface area contributed by atoms with Crippen LogP contribution in [0.4, 0.5) is 0 Å². The lowest BCUT2D eigenvalue weighted by Crippen LogP contribution is -2.01. The average molecular weight is 217 g/mol. The number of hydrogen-bond donors (Lipinski definition) is 0. The van der Waals surface area contributed by atoms with Crippen LogP contribution in [0.3, 0.4) is 0 Å². The molecule has 0 amide bonds. The van der Waals surface area contributed by atoms with E-state index in [2.05, 4.69) is 0 Å². The molecule has 0 atom stereocenters. The van der Waals surface area contributed by atoms with Crippen molar-refractivity contribution < 1.29 is 0 Å². The fourth-order valence-corrected chi connectivity index (χ4v) is 1.43. The van der Waals surface area contributed by atoms with Gasteiger partial charge in [0.25, 0.3) is 0 Å². The first kappa shape index (κ1) is 11.7. The van der Waals surface area contributed by atoms with Crippen LogP contribution in [0.1, 0.15) is 27.8 Å². The normalized spacial score (nSPS) is 7.94. The van der Waals surface area contributed by atoms with Gasteiger partial charge in [0.15, 0.2) is 0 Å². The minimum absolute atomic E-state index is 0.00769. The molecule has 0 heterocycles. The molecule has 0 bridgehead atoms. The number of rotatable bonds is 1. The first-order valence-electron chi connectivity index (χ1n) is 4.40. The van der Waals surface area contributed by atoms with Crippen molar-refractivity contribution in [1.29, 1.82) is 26.3 Å². The predicted octanol–water partition coefficient (Wildman–Crippen LogP) is 1.24. The molecule has 0 radical (unpaired) electrons. The number of nitriles is 5. The molecule has 5 nitrogen and oxygen atoms in total. The third-order valence-electron chi connectivity index (χ3n) is 2.15. The van der Waals surface area contributed by atoms with Gasteiger partial charge in [-0.2, -0.15) is 26.3 Å². The Bertz CT molecular complexity index is 630. The van der Waals surface area contributed by atoms with E-state index in [4.69, 9.17) is 26.3 Å². The second-order valence-corrected chi connectivity index (χ2v) is 2.98. The molecule has 0 unspecified atom stereocenters. The smallest absolute Gasteiger partial charge is 0.101 e. The molecule has 1 aromatic rings. The molecule has 0 fully saturated rings. The molecule has 0 spiro atoms. The molecule has 1 rings (SSSR count). The van der Waals surface area contributed by atoms with E-state index >= 15 is 0 Å². The summed E-state index contributed by atoms with van der Waals surface area (Å²) in [7, 11) is 0. The van der Waals surface area contributed by atoms with Gasteiger partial charge in [-0.1, -0.05) is 0 Å². The zero-order valence-corrected chi connectivity index (χ0v) is 8.52. The first-order chi connectivity index (χ1) is 8.23. The highest BCUT2D eigenvalue weighted by Gasteiger charge is 2.17. The molecule has 0 N–H and O–H groups in total. The van der Waals surface area contributed by atoms with Crippen molar-refractivity contribution in [2.45, 2.75) is 6.42 Å². The van der Waals surface area contributed by atoms with Gasteiger partial charge >= 0.3 is 0 Å². The summed E-state index contributed by atoms with van der Waals surface area (Å²) < 4.78 is 0. The summed E-state index contributed by atoms with van der Waals surface area (Å²) in [6.07, 6.45) is -0.185. The maximum absolute atomic E-state index is 8.94. The zero-order chi connectivity index (χ0) is 12.8. The summed E-state index contributed by atoms with van der Waals surface area (Å²) in [5.41, 5.74) is 0.143. The Morgan fingerprint density at radius 1 is 0.765 bits per heavy atom. The van der Waals surface area contributed by atoms with Crippen LogP contribution in [-0.2, 0) is 6.42 Å². The summed E-state index contributed by atoms with van der Waals surface area (Å²) in [4.78, 5) is 0. The van der Waals surface area contributed by atoms with Gasteiger partial charge < -0.3 is 0 Å². The molecule has 0 aliphatic carbocycles. The topological polar surface area (TPSA) is 119 Å². The van der Waals surface area contributed by atoms with E-state index in [1.54, 1.807) is 24.3 Å². The highest BCUT2D eigenvalue weighted by molar-refractivity contribution is 5.63. The lowest BCUT2D eigenvalue weighted by Gasteiger charge is -2.05. The maximum Gasteiger partial charge on any atom is 0.101 e. The van der Waals surface area contributed by atoms with E-state index in [0.717, 1.165) is 0 Å². The Hall–Kier alpha value is -3.33. The monoisotopic (exact) mass is 217 g/mol. The van der Waals surface area contributed by atoms with Gasteiger partial charge in [0, 0.05) is 5.56 Å². The fraction of sp³-hybridized carbons (Fsp3) is 0.0833. The lowest BCUT2D eigenvalue weighted by molar-refractivity contribution is 1.20. The van der Waals surface area contributed by atoms with Crippen molar-refractivity contribution in [3.63, 3.8) is 0 Å². The van der Waals surface area contributed by atoms with Crippen LogP contribution in [0, 0.1) is 56.7 Å². The van der Waals surface area contributed by atoms with Crippen LogP contribution in [0.2, 0.25) is 0 Å². The Balaban J connectivity index is 3.83. The highest BCUT2D eigenvalue weighted by atomic mass is 14.3. The molecule has 0 aliphatic heterocycles. The summed E-state index contributed by atoms with van der Waals surface area (Å²) in [6.45, 7) is 0. The second-order valence-electron chi connectivity index (χ2n) is 2.98. The SMILES string of the molecule is N#CCc1c(C#N)c(C#N)cc(C#N)c1C#N. The molecule has 0 saturated heterocycles. The minimum Gasteiger partial charge on any atom is -0.198 e. The Kier molecular flexibility index (Phi) is 3.42. The fourth-order valence-electron chi connectivity index (χ4n) is 1.43. The molecular formula is C12H3N5. The van der Waals surface area contributed by atoms with Gasteiger partial charge in [-0.15, -0.1) is 0 Å². The van der Waals surface area contributed by atoms with Crippen molar-refractivity contribution in [3.05, 3.63) is 33.9 Å². The Morgan fingerprint density at radius 2 is 1.24 bits per heavy atom. The molecule has 0 saturated carbocycles. The first-order valence-corrected chi connectivity index (χ1v) is 4.40. The number of benzene rings is 1. The third kappa shape index (κ3) is 1.88. The van der Waals surface area contributed by atoms with E-state index in [9.17, 15) is 0 Å². The van der Waals surface area contributed by atoms with E-state index in [-0.39, 0.29) is 34.2 Å². The van der Waals surface area contributed by atoms with E-state index in [1.165, 1.54) is 6.07 Å². The highest BCUT2D eigenvalue weighted by Crippen LogP contribution is 2.22. The summed E-state index contributed by atoms with van der Waals surface area (Å²) in [5.74, 6) is 0. The lowest BCUT2D eigenvalue weighted by atomic mass is 9.92. The Morgan fingerprint density at radius 3 is 1.53 bits per heavy atom. The van der Waals surface area contributed by atoms with E-state index in [0.29, 0.717) is 0 Å². The standard InChI is InChI=1S/C12H3N5/c13-2-1-10-11(6-16)8(4-14)3-9(5-15)12(10)7-17/h3H,1H2. The van der Waals surface area contributed by atoms with E-state index in [1.807, 2.05) is 6.07 Å². The van der Waals surface area contributed by atoms with Crippen LogP contribution in [-0.4, -0.2) is 0 Å². The van der Waals surface area contributed by atoms with Gasteiger partial charge in [-0.25, -0.2) is 0 Å². The largest absolute Gasteiger partial charge is 0.198 e. The molecule has 1 aromatic carbocycles. The summed E-state index contributed by atoms with van der Waals surface area (Å²) in [5, 5.41) is 44.2. The van der Waals surface area contributed by atoms with Crippen LogP contribution >= 0.6 is 0 Å². The van der Waals surface area contributed by atoms with Crippen molar-refractivity contribution in [2.75, 3.05) is 0 Å².